The van der Waals surface area contributed by atoms with Crippen LogP contribution in [0.15, 0.2) is 59.5 Å². The first kappa shape index (κ1) is 16.2. The first-order valence-electron chi connectivity index (χ1n) is 8.49. The van der Waals surface area contributed by atoms with Crippen molar-refractivity contribution >= 4 is 28.5 Å². The molecule has 126 valence electrons. The number of rotatable bonds is 2. The standard InChI is InChI=1S/C22H20O2S/c1-22(2)9-10-25-20-13-17(7-8-19(20)22)15-3-4-16-12-18(21(23)24)6-5-14(16)11-15/h3-8,11-13H,9-10H2,1-2H3,(H,23,24). The first-order chi connectivity index (χ1) is 11.9. The molecule has 0 saturated heterocycles. The summed E-state index contributed by atoms with van der Waals surface area (Å²) in [7, 11) is 0. The number of carboxylic acids is 1. The molecule has 3 aromatic carbocycles. The number of thioether (sulfide) groups is 1. The van der Waals surface area contributed by atoms with Crippen LogP contribution in [-0.2, 0) is 5.41 Å². The second kappa shape index (κ2) is 5.92. The first-order valence-corrected chi connectivity index (χ1v) is 9.47. The van der Waals surface area contributed by atoms with Gasteiger partial charge in [0.05, 0.1) is 5.56 Å². The third kappa shape index (κ3) is 2.93. The van der Waals surface area contributed by atoms with Crippen LogP contribution in [0.1, 0.15) is 36.2 Å². The van der Waals surface area contributed by atoms with E-state index in [4.69, 9.17) is 5.11 Å². The van der Waals surface area contributed by atoms with Crippen LogP contribution in [-0.4, -0.2) is 16.8 Å². The molecule has 0 aliphatic carbocycles. The summed E-state index contributed by atoms with van der Waals surface area (Å²) in [5.41, 5.74) is 4.40. The van der Waals surface area contributed by atoms with Gasteiger partial charge < -0.3 is 5.11 Å². The number of benzene rings is 3. The molecule has 0 unspecified atom stereocenters. The Morgan fingerprint density at radius 3 is 2.44 bits per heavy atom. The van der Waals surface area contributed by atoms with Crippen LogP contribution in [0.4, 0.5) is 0 Å². The van der Waals surface area contributed by atoms with Crippen molar-refractivity contribution in [3.63, 3.8) is 0 Å². The number of carboxylic acid groups (broad SMARTS) is 1. The fourth-order valence-corrected chi connectivity index (χ4v) is 5.03. The average Bonchev–Trinajstić information content (AvgIpc) is 2.60. The lowest BCUT2D eigenvalue weighted by Gasteiger charge is -2.32. The molecule has 3 heteroatoms. The second-order valence-corrected chi connectivity index (χ2v) is 8.41. The van der Waals surface area contributed by atoms with E-state index in [9.17, 15) is 4.79 Å². The average molecular weight is 348 g/mol. The Morgan fingerprint density at radius 2 is 1.64 bits per heavy atom. The molecule has 1 aliphatic rings. The van der Waals surface area contributed by atoms with Crippen molar-refractivity contribution in [2.45, 2.75) is 30.6 Å². The highest BCUT2D eigenvalue weighted by Gasteiger charge is 2.27. The van der Waals surface area contributed by atoms with Crippen LogP contribution in [0.2, 0.25) is 0 Å². The van der Waals surface area contributed by atoms with E-state index in [0.717, 1.165) is 10.8 Å². The molecular formula is C22H20O2S. The maximum atomic E-state index is 11.1. The molecule has 1 N–H and O–H groups in total. The van der Waals surface area contributed by atoms with Crippen molar-refractivity contribution in [1.82, 2.24) is 0 Å². The fourth-order valence-electron chi connectivity index (χ4n) is 3.49. The van der Waals surface area contributed by atoms with Gasteiger partial charge in [0.2, 0.25) is 0 Å². The highest BCUT2D eigenvalue weighted by molar-refractivity contribution is 7.99. The minimum Gasteiger partial charge on any atom is -0.478 e. The van der Waals surface area contributed by atoms with Gasteiger partial charge in [-0.3, -0.25) is 0 Å². The number of aromatic carboxylic acids is 1. The molecular weight excluding hydrogens is 328 g/mol. The SMILES string of the molecule is CC1(C)CCSc2cc(-c3ccc4cc(C(=O)O)ccc4c3)ccc21. The van der Waals surface area contributed by atoms with Crippen molar-refractivity contribution in [3.8, 4) is 11.1 Å². The second-order valence-electron chi connectivity index (χ2n) is 7.28. The number of fused-ring (bicyclic) bond motifs is 2. The van der Waals surface area contributed by atoms with Gasteiger partial charge >= 0.3 is 5.97 Å². The molecule has 25 heavy (non-hydrogen) atoms. The van der Waals surface area contributed by atoms with Gasteiger partial charge in [-0.2, -0.15) is 0 Å². The Labute approximate surface area is 151 Å². The zero-order valence-corrected chi connectivity index (χ0v) is 15.2. The molecule has 0 amide bonds. The Bertz CT molecular complexity index is 988. The van der Waals surface area contributed by atoms with Crippen LogP contribution < -0.4 is 0 Å². The zero-order valence-electron chi connectivity index (χ0n) is 14.4. The molecule has 4 rings (SSSR count). The van der Waals surface area contributed by atoms with Crippen LogP contribution in [0.5, 0.6) is 0 Å². The van der Waals surface area contributed by atoms with Gasteiger partial charge in [0.15, 0.2) is 0 Å². The summed E-state index contributed by atoms with van der Waals surface area (Å²) in [5.74, 6) is 0.277. The fraction of sp³-hybridized carbons (Fsp3) is 0.227. The molecule has 1 heterocycles. The highest BCUT2D eigenvalue weighted by atomic mass is 32.2. The molecule has 0 bridgehead atoms. The smallest absolute Gasteiger partial charge is 0.335 e. The Hall–Kier alpha value is -2.26. The Balaban J connectivity index is 1.77. The lowest BCUT2D eigenvalue weighted by Crippen LogP contribution is -2.22. The van der Waals surface area contributed by atoms with E-state index in [1.165, 1.54) is 33.8 Å². The summed E-state index contributed by atoms with van der Waals surface area (Å²) in [6, 6.07) is 18.3. The summed E-state index contributed by atoms with van der Waals surface area (Å²) in [6.07, 6.45) is 1.21. The van der Waals surface area contributed by atoms with Crippen molar-refractivity contribution in [1.29, 1.82) is 0 Å². The van der Waals surface area contributed by atoms with Crippen LogP contribution >= 0.6 is 11.8 Å². The van der Waals surface area contributed by atoms with E-state index < -0.39 is 5.97 Å². The molecule has 0 atom stereocenters. The minimum absolute atomic E-state index is 0.246. The molecule has 2 nitrogen and oxygen atoms in total. The zero-order chi connectivity index (χ0) is 17.6. The van der Waals surface area contributed by atoms with Crippen LogP contribution in [0, 0.1) is 0 Å². The van der Waals surface area contributed by atoms with Gasteiger partial charge in [-0.1, -0.05) is 44.2 Å². The molecule has 0 aromatic heterocycles. The van der Waals surface area contributed by atoms with Gasteiger partial charge in [0, 0.05) is 4.90 Å². The van der Waals surface area contributed by atoms with Gasteiger partial charge in [0.25, 0.3) is 0 Å². The maximum absolute atomic E-state index is 11.1. The van der Waals surface area contributed by atoms with Crippen LogP contribution in [0.3, 0.4) is 0 Å². The molecule has 0 fully saturated rings. The van der Waals surface area contributed by atoms with Crippen molar-refractivity contribution in [2.75, 3.05) is 5.75 Å². The quantitative estimate of drug-likeness (QED) is 0.619. The number of carbonyl (C=O) groups is 1. The molecule has 0 spiro atoms. The lowest BCUT2D eigenvalue weighted by atomic mass is 9.81. The number of hydrogen-bond donors (Lipinski definition) is 1. The predicted molar refractivity (Wildman–Crippen MR) is 105 cm³/mol. The van der Waals surface area contributed by atoms with Gasteiger partial charge in [-0.25, -0.2) is 4.79 Å². The van der Waals surface area contributed by atoms with Gasteiger partial charge in [-0.15, -0.1) is 11.8 Å². The summed E-state index contributed by atoms with van der Waals surface area (Å²) < 4.78 is 0. The lowest BCUT2D eigenvalue weighted by molar-refractivity contribution is 0.0697. The van der Waals surface area contributed by atoms with Gasteiger partial charge in [-0.05, 0) is 69.3 Å². The van der Waals surface area contributed by atoms with E-state index in [1.807, 2.05) is 23.9 Å². The third-order valence-electron chi connectivity index (χ3n) is 5.12. The van der Waals surface area contributed by atoms with E-state index in [2.05, 4.69) is 44.2 Å². The molecule has 0 radical (unpaired) electrons. The van der Waals surface area contributed by atoms with Crippen molar-refractivity contribution in [3.05, 3.63) is 65.7 Å². The topological polar surface area (TPSA) is 37.3 Å². The van der Waals surface area contributed by atoms with Crippen molar-refractivity contribution in [2.24, 2.45) is 0 Å². The van der Waals surface area contributed by atoms with E-state index in [1.54, 1.807) is 12.1 Å². The maximum Gasteiger partial charge on any atom is 0.335 e. The van der Waals surface area contributed by atoms with Crippen LogP contribution in [0.25, 0.3) is 21.9 Å². The van der Waals surface area contributed by atoms with E-state index in [-0.39, 0.29) is 5.41 Å². The Morgan fingerprint density at radius 1 is 0.960 bits per heavy atom. The monoisotopic (exact) mass is 348 g/mol. The predicted octanol–water partition coefficient (Wildman–Crippen LogP) is 5.98. The molecule has 1 aliphatic heterocycles. The Kier molecular flexibility index (Phi) is 3.84. The summed E-state index contributed by atoms with van der Waals surface area (Å²) in [6.45, 7) is 4.64. The molecule has 0 saturated carbocycles. The van der Waals surface area contributed by atoms with Crippen molar-refractivity contribution < 1.29 is 9.90 Å². The summed E-state index contributed by atoms with van der Waals surface area (Å²) >= 11 is 1.94. The summed E-state index contributed by atoms with van der Waals surface area (Å²) in [5, 5.41) is 11.1. The summed E-state index contributed by atoms with van der Waals surface area (Å²) in [4.78, 5) is 12.5. The van der Waals surface area contributed by atoms with Gasteiger partial charge in [0.1, 0.15) is 0 Å². The molecule has 3 aromatic rings. The van der Waals surface area contributed by atoms with E-state index >= 15 is 0 Å². The minimum atomic E-state index is -0.889. The highest BCUT2D eigenvalue weighted by Crippen LogP contribution is 2.43. The van der Waals surface area contributed by atoms with E-state index in [0.29, 0.717) is 5.56 Å². The third-order valence-corrected chi connectivity index (χ3v) is 6.17. The normalized spacial score (nSPS) is 15.8. The largest absolute Gasteiger partial charge is 0.478 e. The number of hydrogen-bond acceptors (Lipinski definition) is 2.